The lowest BCUT2D eigenvalue weighted by Crippen LogP contribution is -2.28. The third kappa shape index (κ3) is 2.84. The van der Waals surface area contributed by atoms with Crippen molar-refractivity contribution in [2.75, 3.05) is 18.1 Å². The summed E-state index contributed by atoms with van der Waals surface area (Å²) in [5.41, 5.74) is 7.00. The van der Waals surface area contributed by atoms with Crippen LogP contribution in [0.4, 0.5) is 5.69 Å². The van der Waals surface area contributed by atoms with Gasteiger partial charge in [0, 0.05) is 6.61 Å². The lowest BCUT2D eigenvalue weighted by molar-refractivity contribution is 0.0305. The second-order valence-electron chi connectivity index (χ2n) is 4.76. The van der Waals surface area contributed by atoms with Gasteiger partial charge in [0.1, 0.15) is 0 Å². The molecule has 0 spiro atoms. The van der Waals surface area contributed by atoms with Crippen LogP contribution in [0.3, 0.4) is 0 Å². The second-order valence-corrected chi connectivity index (χ2v) is 6.76. The maximum atomic E-state index is 12.3. The summed E-state index contributed by atoms with van der Waals surface area (Å²) in [6, 6.07) is 5.10. The summed E-state index contributed by atoms with van der Waals surface area (Å²) in [6.07, 6.45) is 2.67. The Bertz CT molecular complexity index is 519. The van der Waals surface area contributed by atoms with E-state index in [1.807, 2.05) is 13.0 Å². The van der Waals surface area contributed by atoms with Crippen molar-refractivity contribution in [3.63, 3.8) is 0 Å². The fourth-order valence-corrected chi connectivity index (χ4v) is 3.91. The number of anilines is 1. The number of ether oxygens (including phenoxy) is 1. The highest BCUT2D eigenvalue weighted by Gasteiger charge is 2.25. The Labute approximate surface area is 108 Å². The van der Waals surface area contributed by atoms with Gasteiger partial charge in [-0.2, -0.15) is 0 Å². The van der Waals surface area contributed by atoms with E-state index in [1.165, 1.54) is 0 Å². The van der Waals surface area contributed by atoms with E-state index in [-0.39, 0.29) is 16.8 Å². The summed E-state index contributed by atoms with van der Waals surface area (Å²) in [5, 5.41) is 0. The molecule has 1 aliphatic heterocycles. The van der Waals surface area contributed by atoms with Crippen LogP contribution in [-0.2, 0) is 14.6 Å². The summed E-state index contributed by atoms with van der Waals surface area (Å²) in [4.78, 5) is 0.233. The second kappa shape index (κ2) is 5.28. The Kier molecular flexibility index (Phi) is 3.92. The van der Waals surface area contributed by atoms with Crippen LogP contribution < -0.4 is 5.73 Å². The Morgan fingerprint density at radius 1 is 1.39 bits per heavy atom. The average Bonchev–Trinajstić information content (AvgIpc) is 2.33. The van der Waals surface area contributed by atoms with Gasteiger partial charge in [-0.25, -0.2) is 8.42 Å². The molecule has 100 valence electrons. The molecule has 1 aromatic rings. The largest absolute Gasteiger partial charge is 0.397 e. The molecule has 1 aliphatic rings. The van der Waals surface area contributed by atoms with Gasteiger partial charge in [0.05, 0.1) is 22.4 Å². The van der Waals surface area contributed by atoms with Crippen molar-refractivity contribution in [1.82, 2.24) is 0 Å². The molecule has 0 aromatic heterocycles. The van der Waals surface area contributed by atoms with Crippen molar-refractivity contribution in [3.8, 4) is 0 Å². The molecule has 2 N–H and O–H groups in total. The van der Waals surface area contributed by atoms with Crippen LogP contribution in [0.5, 0.6) is 0 Å². The van der Waals surface area contributed by atoms with E-state index in [2.05, 4.69) is 0 Å². The smallest absolute Gasteiger partial charge is 0.182 e. The minimum absolute atomic E-state index is 0.0284. The Balaban J connectivity index is 2.22. The standard InChI is InChI=1S/C13H19NO3S/c1-10-5-4-7-12(13(10)14)18(15,16)9-11-6-2-3-8-17-11/h4-5,7,11H,2-3,6,8-9,14H2,1H3. The maximum Gasteiger partial charge on any atom is 0.182 e. The highest BCUT2D eigenvalue weighted by atomic mass is 32.2. The number of nitrogens with two attached hydrogens (primary N) is 1. The lowest BCUT2D eigenvalue weighted by atomic mass is 10.1. The van der Waals surface area contributed by atoms with E-state index >= 15 is 0 Å². The number of sulfone groups is 1. The van der Waals surface area contributed by atoms with Gasteiger partial charge in [-0.1, -0.05) is 12.1 Å². The molecule has 1 aromatic carbocycles. The van der Waals surface area contributed by atoms with E-state index in [9.17, 15) is 8.42 Å². The van der Waals surface area contributed by atoms with Crippen LogP contribution in [0.2, 0.25) is 0 Å². The van der Waals surface area contributed by atoms with E-state index in [4.69, 9.17) is 10.5 Å². The average molecular weight is 269 g/mol. The van der Waals surface area contributed by atoms with Gasteiger partial charge in [-0.15, -0.1) is 0 Å². The molecule has 0 saturated carbocycles. The van der Waals surface area contributed by atoms with Gasteiger partial charge in [0.25, 0.3) is 0 Å². The number of rotatable bonds is 3. The van der Waals surface area contributed by atoms with Gasteiger partial charge in [-0.3, -0.25) is 0 Å². The Hall–Kier alpha value is -1.07. The highest BCUT2D eigenvalue weighted by molar-refractivity contribution is 7.91. The van der Waals surface area contributed by atoms with Crippen molar-refractivity contribution in [2.24, 2.45) is 0 Å². The highest BCUT2D eigenvalue weighted by Crippen LogP contribution is 2.25. The van der Waals surface area contributed by atoms with Crippen molar-refractivity contribution in [1.29, 1.82) is 0 Å². The van der Waals surface area contributed by atoms with E-state index in [1.54, 1.807) is 12.1 Å². The SMILES string of the molecule is Cc1cccc(S(=O)(=O)CC2CCCCO2)c1N. The number of aryl methyl sites for hydroxylation is 1. The monoisotopic (exact) mass is 269 g/mol. The summed E-state index contributed by atoms with van der Waals surface area (Å²) in [6.45, 7) is 2.47. The van der Waals surface area contributed by atoms with Crippen molar-refractivity contribution in [3.05, 3.63) is 23.8 Å². The number of para-hydroxylation sites is 1. The van der Waals surface area contributed by atoms with Crippen molar-refractivity contribution < 1.29 is 13.2 Å². The molecule has 1 unspecified atom stereocenters. The van der Waals surface area contributed by atoms with Crippen LogP contribution in [-0.4, -0.2) is 26.9 Å². The Morgan fingerprint density at radius 3 is 2.83 bits per heavy atom. The molecule has 5 heteroatoms. The van der Waals surface area contributed by atoms with Crippen LogP contribution >= 0.6 is 0 Å². The molecule has 2 rings (SSSR count). The minimum atomic E-state index is -3.36. The summed E-state index contributed by atoms with van der Waals surface area (Å²) in [5.74, 6) is 0.0284. The number of hydrogen-bond acceptors (Lipinski definition) is 4. The number of hydrogen-bond donors (Lipinski definition) is 1. The van der Waals surface area contributed by atoms with Crippen LogP contribution in [0.25, 0.3) is 0 Å². The zero-order valence-electron chi connectivity index (χ0n) is 10.6. The van der Waals surface area contributed by atoms with E-state index in [0.717, 1.165) is 24.8 Å². The van der Waals surface area contributed by atoms with Gasteiger partial charge in [-0.05, 0) is 37.8 Å². The van der Waals surface area contributed by atoms with E-state index < -0.39 is 9.84 Å². The third-order valence-corrected chi connectivity index (χ3v) is 5.14. The molecule has 0 radical (unpaired) electrons. The molecule has 0 bridgehead atoms. The van der Waals surface area contributed by atoms with Crippen molar-refractivity contribution in [2.45, 2.75) is 37.2 Å². The summed E-state index contributed by atoms with van der Waals surface area (Å²) in [7, 11) is -3.36. The fraction of sp³-hybridized carbons (Fsp3) is 0.538. The van der Waals surface area contributed by atoms with Gasteiger partial charge in [0.2, 0.25) is 0 Å². The molecule has 1 fully saturated rings. The molecule has 1 heterocycles. The maximum absolute atomic E-state index is 12.3. The van der Waals surface area contributed by atoms with Gasteiger partial charge in [0.15, 0.2) is 9.84 Å². The molecule has 0 amide bonds. The molecule has 18 heavy (non-hydrogen) atoms. The quantitative estimate of drug-likeness (QED) is 0.851. The van der Waals surface area contributed by atoms with E-state index in [0.29, 0.717) is 12.3 Å². The normalized spacial score (nSPS) is 20.8. The fourth-order valence-electron chi connectivity index (χ4n) is 2.20. The molecule has 4 nitrogen and oxygen atoms in total. The van der Waals surface area contributed by atoms with Crippen LogP contribution in [0.15, 0.2) is 23.1 Å². The molecule has 1 atom stereocenters. The number of nitrogen functional groups attached to an aromatic ring is 1. The molecular weight excluding hydrogens is 250 g/mol. The first-order chi connectivity index (χ1) is 8.50. The predicted molar refractivity (Wildman–Crippen MR) is 71.2 cm³/mol. The van der Waals surface area contributed by atoms with Crippen LogP contribution in [0, 0.1) is 6.92 Å². The topological polar surface area (TPSA) is 69.4 Å². The predicted octanol–water partition coefficient (Wildman–Crippen LogP) is 1.92. The third-order valence-electron chi connectivity index (χ3n) is 3.30. The van der Waals surface area contributed by atoms with Gasteiger partial charge < -0.3 is 10.5 Å². The molecule has 1 saturated heterocycles. The Morgan fingerprint density at radius 2 is 2.17 bits per heavy atom. The zero-order valence-corrected chi connectivity index (χ0v) is 11.4. The lowest BCUT2D eigenvalue weighted by Gasteiger charge is -2.22. The summed E-state index contributed by atoms with van der Waals surface area (Å²) >= 11 is 0. The first kappa shape index (κ1) is 13.4. The molecule has 0 aliphatic carbocycles. The van der Waals surface area contributed by atoms with Gasteiger partial charge >= 0.3 is 0 Å². The van der Waals surface area contributed by atoms with Crippen molar-refractivity contribution >= 4 is 15.5 Å². The number of benzene rings is 1. The minimum Gasteiger partial charge on any atom is -0.397 e. The molecular formula is C13H19NO3S. The first-order valence-electron chi connectivity index (χ1n) is 6.20. The summed E-state index contributed by atoms with van der Waals surface area (Å²) < 4.78 is 30.1. The first-order valence-corrected chi connectivity index (χ1v) is 7.85. The zero-order chi connectivity index (χ0) is 13.2. The van der Waals surface area contributed by atoms with Crippen LogP contribution in [0.1, 0.15) is 24.8 Å².